The molecule has 0 atom stereocenters. The van der Waals surface area contributed by atoms with Gasteiger partial charge in [0.05, 0.1) is 21.3 Å². The Balaban J connectivity index is 0.991. The predicted octanol–water partition coefficient (Wildman–Crippen LogP) is 14.3. The number of allylic oxidation sites excluding steroid dienone is 4. The van der Waals surface area contributed by atoms with Gasteiger partial charge in [-0.15, -0.1) is 22.7 Å². The van der Waals surface area contributed by atoms with Gasteiger partial charge in [0.15, 0.2) is 11.6 Å². The van der Waals surface area contributed by atoms with E-state index >= 15 is 0 Å². The van der Waals surface area contributed by atoms with E-state index in [1.807, 2.05) is 6.07 Å². The van der Waals surface area contributed by atoms with Crippen LogP contribution in [0.5, 0.6) is 0 Å². The molecule has 4 heterocycles. The van der Waals surface area contributed by atoms with E-state index in [1.54, 1.807) is 22.7 Å². The number of aromatic nitrogens is 5. The molecule has 11 aromatic rings. The minimum Gasteiger partial charge on any atom is -0.278 e. The van der Waals surface area contributed by atoms with Crippen molar-refractivity contribution in [2.45, 2.75) is 12.8 Å². The third-order valence-electron chi connectivity index (χ3n) is 11.4. The highest BCUT2D eigenvalue weighted by Crippen LogP contribution is 2.42. The molecule has 0 aliphatic heterocycles. The lowest BCUT2D eigenvalue weighted by molar-refractivity contribution is 0.914. The van der Waals surface area contributed by atoms with Crippen LogP contribution in [0.2, 0.25) is 0 Å². The van der Waals surface area contributed by atoms with Crippen molar-refractivity contribution in [1.29, 1.82) is 0 Å². The zero-order valence-corrected chi connectivity index (χ0v) is 33.3. The highest BCUT2D eigenvalue weighted by atomic mass is 32.1. The fraction of sp³-hybridized carbons (Fsp3) is 0.0385. The summed E-state index contributed by atoms with van der Waals surface area (Å²) < 4.78 is 5.82. The number of hydrogen-bond donors (Lipinski definition) is 0. The first-order valence-electron chi connectivity index (χ1n) is 19.9. The zero-order valence-electron chi connectivity index (χ0n) is 31.7. The largest absolute Gasteiger partial charge is 0.278 e. The lowest BCUT2D eigenvalue weighted by Gasteiger charge is -2.13. The van der Waals surface area contributed by atoms with Crippen LogP contribution in [-0.2, 0) is 0 Å². The van der Waals surface area contributed by atoms with E-state index in [2.05, 4.69) is 174 Å². The quantitative estimate of drug-likeness (QED) is 0.168. The van der Waals surface area contributed by atoms with Crippen LogP contribution in [0.3, 0.4) is 0 Å². The number of nitrogens with zero attached hydrogens (tertiary/aromatic N) is 5. The van der Waals surface area contributed by atoms with Gasteiger partial charge in [0, 0.05) is 42.1 Å². The topological polar surface area (TPSA) is 56.5 Å². The number of rotatable bonds is 6. The average Bonchev–Trinajstić information content (AvgIpc) is 4.01. The van der Waals surface area contributed by atoms with Gasteiger partial charge in [0.2, 0.25) is 5.95 Å². The van der Waals surface area contributed by atoms with Crippen molar-refractivity contribution in [3.05, 3.63) is 182 Å². The number of thiophene rings is 1. The minimum absolute atomic E-state index is 0.619. The van der Waals surface area contributed by atoms with Crippen LogP contribution >= 0.6 is 22.7 Å². The Labute approximate surface area is 348 Å². The van der Waals surface area contributed by atoms with Gasteiger partial charge in [-0.1, -0.05) is 127 Å². The highest BCUT2D eigenvalue weighted by Gasteiger charge is 2.21. The molecule has 0 saturated carbocycles. The Hall–Kier alpha value is -7.06. The summed E-state index contributed by atoms with van der Waals surface area (Å²) in [6.45, 7) is 0. The van der Waals surface area contributed by atoms with Gasteiger partial charge in [-0.2, -0.15) is 9.97 Å². The fourth-order valence-corrected chi connectivity index (χ4v) is 10.6. The maximum atomic E-state index is 5.35. The van der Waals surface area contributed by atoms with E-state index in [0.29, 0.717) is 11.8 Å². The predicted molar refractivity (Wildman–Crippen MR) is 248 cm³/mol. The Morgan fingerprint density at radius 1 is 0.475 bits per heavy atom. The molecule has 1 aliphatic rings. The van der Waals surface area contributed by atoms with Crippen molar-refractivity contribution in [3.8, 4) is 50.2 Å². The van der Waals surface area contributed by atoms with Crippen LogP contribution in [0, 0.1) is 0 Å². The number of benzene rings is 7. The Morgan fingerprint density at radius 2 is 1.19 bits per heavy atom. The van der Waals surface area contributed by atoms with Crippen LogP contribution < -0.4 is 0 Å². The maximum Gasteiger partial charge on any atom is 0.238 e. The first-order valence-corrected chi connectivity index (χ1v) is 21.5. The summed E-state index contributed by atoms with van der Waals surface area (Å²) in [5.41, 5.74) is 11.2. The Bertz CT molecular complexity index is 3470. The monoisotopic (exact) mass is 791 g/mol. The van der Waals surface area contributed by atoms with E-state index < -0.39 is 0 Å². The summed E-state index contributed by atoms with van der Waals surface area (Å²) in [5.74, 6) is 2.01. The molecule has 0 saturated heterocycles. The summed E-state index contributed by atoms with van der Waals surface area (Å²) >= 11 is 3.53. The summed E-state index contributed by atoms with van der Waals surface area (Å²) in [4.78, 5) is 20.7. The van der Waals surface area contributed by atoms with Crippen molar-refractivity contribution in [3.63, 3.8) is 0 Å². The summed E-state index contributed by atoms with van der Waals surface area (Å²) in [6.07, 6.45) is 8.31. The standard InChI is InChI=1S/C52H33N5S2/c1-3-12-32(13-4-1)36-26-28-45-41(30-36)38-16-7-9-20-44(38)57(45)52-55-49(34-14-5-2-6-15-34)54-50(56-52)40-18-11-17-39-42-31-37(27-29-46(42)58-48(39)40)33-22-24-35(25-23-33)51-53-43-19-8-10-21-47(43)59-51/h1-5,7-14,16-31H,6,15H2. The van der Waals surface area contributed by atoms with Crippen molar-refractivity contribution in [2.24, 2.45) is 0 Å². The summed E-state index contributed by atoms with van der Waals surface area (Å²) in [6, 6.07) is 56.3. The van der Waals surface area contributed by atoms with Crippen LogP contribution in [0.25, 0.3) is 108 Å². The molecular weight excluding hydrogens is 759 g/mol. The molecule has 0 N–H and O–H groups in total. The molecule has 59 heavy (non-hydrogen) atoms. The fourth-order valence-electron chi connectivity index (χ4n) is 8.47. The average molecular weight is 792 g/mol. The molecule has 1 aliphatic carbocycles. The van der Waals surface area contributed by atoms with Crippen LogP contribution in [-0.4, -0.2) is 24.5 Å². The van der Waals surface area contributed by atoms with E-state index in [1.165, 1.54) is 52.5 Å². The van der Waals surface area contributed by atoms with E-state index in [0.717, 1.165) is 62.3 Å². The van der Waals surface area contributed by atoms with Crippen molar-refractivity contribution < 1.29 is 0 Å². The summed E-state index contributed by atoms with van der Waals surface area (Å²) in [5, 5.41) is 5.80. The molecule has 4 aromatic heterocycles. The Kier molecular flexibility index (Phi) is 7.96. The lowest BCUT2D eigenvalue weighted by atomic mass is 10.0. The van der Waals surface area contributed by atoms with Gasteiger partial charge in [-0.05, 0) is 89.2 Å². The SMILES string of the molecule is C1=CCCC(c2nc(-c3cccc4c3sc3ccc(-c5ccc(-c6nc7ccccc7s6)cc5)cc34)nc(-n3c4ccccc4c4cc(-c5ccccc5)ccc43)n2)=C1. The second-order valence-electron chi connectivity index (χ2n) is 15.0. The van der Waals surface area contributed by atoms with Crippen molar-refractivity contribution in [1.82, 2.24) is 24.5 Å². The van der Waals surface area contributed by atoms with E-state index in [9.17, 15) is 0 Å². The van der Waals surface area contributed by atoms with Gasteiger partial charge in [0.1, 0.15) is 5.01 Å². The molecule has 278 valence electrons. The summed E-state index contributed by atoms with van der Waals surface area (Å²) in [7, 11) is 0. The molecule has 0 bridgehead atoms. The molecular formula is C52H33N5S2. The van der Waals surface area contributed by atoms with Gasteiger partial charge in [-0.3, -0.25) is 4.57 Å². The lowest BCUT2D eigenvalue weighted by Crippen LogP contribution is -2.08. The third kappa shape index (κ3) is 5.81. The van der Waals surface area contributed by atoms with Crippen molar-refractivity contribution in [2.75, 3.05) is 0 Å². The number of thiazole rings is 1. The first kappa shape index (κ1) is 34.0. The molecule has 7 heteroatoms. The van der Waals surface area contributed by atoms with E-state index in [-0.39, 0.29) is 0 Å². The molecule has 0 spiro atoms. The van der Waals surface area contributed by atoms with Gasteiger partial charge in [-0.25, -0.2) is 9.97 Å². The minimum atomic E-state index is 0.619. The molecule has 0 fully saturated rings. The molecule has 12 rings (SSSR count). The Morgan fingerprint density at radius 3 is 2.05 bits per heavy atom. The second kappa shape index (κ2) is 13.8. The molecule has 7 aromatic carbocycles. The smallest absolute Gasteiger partial charge is 0.238 e. The van der Waals surface area contributed by atoms with E-state index in [4.69, 9.17) is 19.9 Å². The van der Waals surface area contributed by atoms with Crippen molar-refractivity contribution >= 4 is 80.4 Å². The van der Waals surface area contributed by atoms with Gasteiger partial charge in [0.25, 0.3) is 0 Å². The first-order chi connectivity index (χ1) is 29.2. The maximum absolute atomic E-state index is 5.35. The number of hydrogen-bond acceptors (Lipinski definition) is 6. The molecule has 0 amide bonds. The zero-order chi connectivity index (χ0) is 38.9. The van der Waals surface area contributed by atoms with Crippen LogP contribution in [0.1, 0.15) is 18.7 Å². The molecule has 0 radical (unpaired) electrons. The third-order valence-corrected chi connectivity index (χ3v) is 13.7. The highest BCUT2D eigenvalue weighted by molar-refractivity contribution is 7.26. The number of para-hydroxylation sites is 2. The van der Waals surface area contributed by atoms with Gasteiger partial charge >= 0.3 is 0 Å². The van der Waals surface area contributed by atoms with Gasteiger partial charge < -0.3 is 0 Å². The second-order valence-corrected chi connectivity index (χ2v) is 17.0. The normalized spacial score (nSPS) is 13.0. The number of fused-ring (bicyclic) bond motifs is 7. The molecule has 0 unspecified atom stereocenters. The van der Waals surface area contributed by atoms with Crippen LogP contribution in [0.4, 0.5) is 0 Å². The molecule has 5 nitrogen and oxygen atoms in total. The van der Waals surface area contributed by atoms with Crippen LogP contribution in [0.15, 0.2) is 176 Å².